The zero-order chi connectivity index (χ0) is 9.26. The lowest BCUT2D eigenvalue weighted by molar-refractivity contribution is 0.415. The molecule has 0 radical (unpaired) electrons. The first-order valence-corrected chi connectivity index (χ1v) is 4.56. The fraction of sp³-hybridized carbons (Fsp3) is 0.100. The number of nitrogens with zero attached hydrogens (tertiary/aromatic N) is 1. The van der Waals surface area contributed by atoms with Gasteiger partial charge in [-0.2, -0.15) is 0 Å². The predicted octanol–water partition coefficient (Wildman–Crippen LogP) is 2.29. The molecule has 0 amide bonds. The maximum atomic E-state index is 5.25. The predicted molar refractivity (Wildman–Crippen MR) is 54.1 cm³/mol. The zero-order valence-electron chi connectivity index (χ0n) is 7.07. The molecule has 1 heterocycles. The van der Waals surface area contributed by atoms with Crippen LogP contribution in [0.4, 0.5) is 0 Å². The summed E-state index contributed by atoms with van der Waals surface area (Å²) in [5.74, 6) is 3.33. The molecular weight excluding hydrogens is 182 g/mol. The van der Waals surface area contributed by atoms with E-state index in [1.165, 1.54) is 11.3 Å². The molecule has 2 rings (SSSR count). The molecule has 0 bridgehead atoms. The minimum Gasteiger partial charge on any atom is -0.497 e. The number of hydrogen-bond donors (Lipinski definition) is 0. The topological polar surface area (TPSA) is 22.1 Å². The summed E-state index contributed by atoms with van der Waals surface area (Å²) in [6, 6.07) is 5.75. The second-order valence-corrected chi connectivity index (χ2v) is 3.53. The van der Waals surface area contributed by atoms with E-state index in [0.29, 0.717) is 5.01 Å². The zero-order valence-corrected chi connectivity index (χ0v) is 7.89. The molecule has 0 saturated heterocycles. The van der Waals surface area contributed by atoms with Crippen LogP contribution < -0.4 is 4.74 Å². The molecule has 0 unspecified atom stereocenters. The van der Waals surface area contributed by atoms with Gasteiger partial charge in [-0.3, -0.25) is 0 Å². The minimum atomic E-state index is 0.711. The van der Waals surface area contributed by atoms with E-state index in [-0.39, 0.29) is 0 Å². The van der Waals surface area contributed by atoms with Gasteiger partial charge in [-0.25, -0.2) is 4.98 Å². The van der Waals surface area contributed by atoms with Gasteiger partial charge >= 0.3 is 0 Å². The summed E-state index contributed by atoms with van der Waals surface area (Å²) in [5, 5.41) is 0.711. The van der Waals surface area contributed by atoms with E-state index < -0.39 is 0 Å². The van der Waals surface area contributed by atoms with Gasteiger partial charge in [0, 0.05) is 6.07 Å². The summed E-state index contributed by atoms with van der Waals surface area (Å²) < 4.78 is 6.17. The number of terminal acetylenes is 1. The molecule has 0 aliphatic carbocycles. The molecule has 2 aromatic rings. The van der Waals surface area contributed by atoms with Crippen molar-refractivity contribution in [1.82, 2.24) is 4.98 Å². The van der Waals surface area contributed by atoms with Gasteiger partial charge in [-0.1, -0.05) is 0 Å². The van der Waals surface area contributed by atoms with Crippen LogP contribution in [0.1, 0.15) is 5.01 Å². The van der Waals surface area contributed by atoms with Gasteiger partial charge in [0.15, 0.2) is 5.01 Å². The number of hydrogen-bond acceptors (Lipinski definition) is 3. The first-order chi connectivity index (χ1) is 6.33. The van der Waals surface area contributed by atoms with Gasteiger partial charge in [0.1, 0.15) is 5.75 Å². The molecule has 1 aromatic carbocycles. The number of methoxy groups -OCH3 is 1. The number of rotatable bonds is 1. The highest BCUT2D eigenvalue weighted by Crippen LogP contribution is 2.25. The average Bonchev–Trinajstić information content (AvgIpc) is 2.58. The third-order valence-electron chi connectivity index (χ3n) is 1.72. The first kappa shape index (κ1) is 8.09. The van der Waals surface area contributed by atoms with Crippen LogP contribution in [-0.2, 0) is 0 Å². The van der Waals surface area contributed by atoms with Crippen molar-refractivity contribution in [1.29, 1.82) is 0 Å². The summed E-state index contributed by atoms with van der Waals surface area (Å²) >= 11 is 1.51. The number of benzene rings is 1. The maximum absolute atomic E-state index is 5.25. The highest BCUT2D eigenvalue weighted by Gasteiger charge is 2.02. The fourth-order valence-electron chi connectivity index (χ4n) is 1.10. The minimum absolute atomic E-state index is 0.711. The van der Waals surface area contributed by atoms with Crippen LogP contribution in [0.25, 0.3) is 10.2 Å². The standard InChI is InChI=1S/C10H7NOS/c1-3-10-11-8-6-7(12-2)4-5-9(8)13-10/h1,4-6H,2H3. The molecule has 0 fully saturated rings. The molecule has 0 aliphatic rings. The van der Waals surface area contributed by atoms with E-state index in [1.807, 2.05) is 18.2 Å². The Bertz CT molecular complexity index is 481. The Hall–Kier alpha value is -1.53. The van der Waals surface area contributed by atoms with E-state index in [9.17, 15) is 0 Å². The van der Waals surface area contributed by atoms with Crippen LogP contribution in [0, 0.1) is 12.3 Å². The van der Waals surface area contributed by atoms with Crippen molar-refractivity contribution < 1.29 is 4.74 Å². The van der Waals surface area contributed by atoms with Gasteiger partial charge in [0.05, 0.1) is 17.3 Å². The van der Waals surface area contributed by atoms with Crippen LogP contribution in [0.3, 0.4) is 0 Å². The van der Waals surface area contributed by atoms with Crippen molar-refractivity contribution in [3.8, 4) is 18.1 Å². The Morgan fingerprint density at radius 1 is 1.54 bits per heavy atom. The van der Waals surface area contributed by atoms with E-state index >= 15 is 0 Å². The van der Waals surface area contributed by atoms with Crippen LogP contribution in [0.2, 0.25) is 0 Å². The number of thiazole rings is 1. The average molecular weight is 189 g/mol. The summed E-state index contributed by atoms with van der Waals surface area (Å²) in [4.78, 5) is 4.24. The Morgan fingerprint density at radius 2 is 2.38 bits per heavy atom. The summed E-state index contributed by atoms with van der Waals surface area (Å²) in [5.41, 5.74) is 0.900. The molecule has 1 aromatic heterocycles. The number of ether oxygens (including phenoxy) is 1. The highest BCUT2D eigenvalue weighted by atomic mass is 32.1. The van der Waals surface area contributed by atoms with E-state index in [0.717, 1.165) is 16.0 Å². The lowest BCUT2D eigenvalue weighted by atomic mass is 10.3. The molecule has 2 nitrogen and oxygen atoms in total. The van der Waals surface area contributed by atoms with Crippen molar-refractivity contribution >= 4 is 21.6 Å². The molecule has 0 spiro atoms. The number of aromatic nitrogens is 1. The molecule has 0 atom stereocenters. The molecule has 13 heavy (non-hydrogen) atoms. The van der Waals surface area contributed by atoms with E-state index in [1.54, 1.807) is 7.11 Å². The smallest absolute Gasteiger partial charge is 0.167 e. The Kier molecular flexibility index (Phi) is 1.91. The second-order valence-electron chi connectivity index (χ2n) is 2.50. The third kappa shape index (κ3) is 1.36. The SMILES string of the molecule is C#Cc1nc2cc(OC)ccc2s1. The van der Waals surface area contributed by atoms with Crippen molar-refractivity contribution in [3.05, 3.63) is 23.2 Å². The van der Waals surface area contributed by atoms with Crippen molar-refractivity contribution in [2.75, 3.05) is 7.11 Å². The van der Waals surface area contributed by atoms with E-state index in [4.69, 9.17) is 11.2 Å². The first-order valence-electron chi connectivity index (χ1n) is 3.74. The van der Waals surface area contributed by atoms with Crippen molar-refractivity contribution in [2.45, 2.75) is 0 Å². The monoisotopic (exact) mass is 189 g/mol. The number of fused-ring (bicyclic) bond motifs is 1. The molecule has 3 heteroatoms. The van der Waals surface area contributed by atoms with Gasteiger partial charge < -0.3 is 4.74 Å². The molecular formula is C10H7NOS. The molecule has 64 valence electrons. The van der Waals surface area contributed by atoms with Crippen molar-refractivity contribution in [2.24, 2.45) is 0 Å². The molecule has 0 saturated carbocycles. The fourth-order valence-corrected chi connectivity index (χ4v) is 1.85. The van der Waals surface area contributed by atoms with Crippen LogP contribution in [0.15, 0.2) is 18.2 Å². The third-order valence-corrected chi connectivity index (χ3v) is 2.69. The maximum Gasteiger partial charge on any atom is 0.167 e. The van der Waals surface area contributed by atoms with Crippen LogP contribution >= 0.6 is 11.3 Å². The Morgan fingerprint density at radius 3 is 3.08 bits per heavy atom. The summed E-state index contributed by atoms with van der Waals surface area (Å²) in [6.45, 7) is 0. The second kappa shape index (κ2) is 3.08. The summed E-state index contributed by atoms with van der Waals surface area (Å²) in [7, 11) is 1.63. The lowest BCUT2D eigenvalue weighted by Crippen LogP contribution is -1.80. The normalized spacial score (nSPS) is 9.85. The lowest BCUT2D eigenvalue weighted by Gasteiger charge is -1.96. The Balaban J connectivity index is 2.65. The summed E-state index contributed by atoms with van der Waals surface area (Å²) in [6.07, 6.45) is 5.25. The van der Waals surface area contributed by atoms with Crippen LogP contribution in [0.5, 0.6) is 5.75 Å². The van der Waals surface area contributed by atoms with Gasteiger partial charge in [-0.15, -0.1) is 17.8 Å². The largest absolute Gasteiger partial charge is 0.497 e. The van der Waals surface area contributed by atoms with Crippen molar-refractivity contribution in [3.63, 3.8) is 0 Å². The van der Waals surface area contributed by atoms with Gasteiger partial charge in [0.25, 0.3) is 0 Å². The molecule has 0 aliphatic heterocycles. The molecule has 0 N–H and O–H groups in total. The van der Waals surface area contributed by atoms with Gasteiger partial charge in [0.2, 0.25) is 0 Å². The quantitative estimate of drug-likeness (QED) is 0.642. The van der Waals surface area contributed by atoms with Gasteiger partial charge in [-0.05, 0) is 18.1 Å². The van der Waals surface area contributed by atoms with Crippen LogP contribution in [-0.4, -0.2) is 12.1 Å². The Labute approximate surface area is 80.2 Å². The highest BCUT2D eigenvalue weighted by molar-refractivity contribution is 7.19. The van der Waals surface area contributed by atoms with E-state index in [2.05, 4.69) is 10.9 Å².